The molecule has 0 saturated carbocycles. The Balaban J connectivity index is 1.47. The number of para-hydroxylation sites is 1. The lowest BCUT2D eigenvalue weighted by atomic mass is 10.0. The van der Waals surface area contributed by atoms with Gasteiger partial charge in [-0.1, -0.05) is 42.5 Å². The zero-order valence-corrected chi connectivity index (χ0v) is 15.3. The number of carbonyl (C=O) groups is 2. The highest BCUT2D eigenvalue weighted by Crippen LogP contribution is 2.28. The first-order valence-corrected chi connectivity index (χ1v) is 9.26. The van der Waals surface area contributed by atoms with Crippen LogP contribution in [0, 0.1) is 5.92 Å². The Labute approximate surface area is 158 Å². The standard InChI is InChI=1S/C20H23ClN2O3/c1-2-19(24)22-15-8-7-14(13-15)20(25)23-11-9-16(10-12-23)26-18-6-4-3-5-17(18)21/h2-8,14-16H,1,9-13H2,(H,22,24)/t14-,15+/m1/s1. The van der Waals surface area contributed by atoms with E-state index >= 15 is 0 Å². The fourth-order valence-electron chi connectivity index (χ4n) is 3.38. The summed E-state index contributed by atoms with van der Waals surface area (Å²) in [5, 5.41) is 3.42. The smallest absolute Gasteiger partial charge is 0.243 e. The number of hydrogen-bond acceptors (Lipinski definition) is 3. The van der Waals surface area contributed by atoms with Crippen molar-refractivity contribution in [1.82, 2.24) is 10.2 Å². The minimum absolute atomic E-state index is 0.0673. The zero-order chi connectivity index (χ0) is 18.5. The summed E-state index contributed by atoms with van der Waals surface area (Å²) in [5.41, 5.74) is 0. The number of nitrogens with one attached hydrogen (secondary N) is 1. The molecule has 1 heterocycles. The number of carbonyl (C=O) groups excluding carboxylic acids is 2. The van der Waals surface area contributed by atoms with E-state index in [9.17, 15) is 9.59 Å². The molecular weight excluding hydrogens is 352 g/mol. The SMILES string of the molecule is C=CC(=O)N[C@H]1C=C[C@@H](C(=O)N2CCC(Oc3ccccc3Cl)CC2)C1. The molecular formula is C20H23ClN2O3. The Morgan fingerprint density at radius 3 is 2.65 bits per heavy atom. The Hall–Kier alpha value is -2.27. The van der Waals surface area contributed by atoms with Gasteiger partial charge in [-0.25, -0.2) is 0 Å². The number of hydrogen-bond donors (Lipinski definition) is 1. The molecule has 1 fully saturated rings. The number of benzene rings is 1. The van der Waals surface area contributed by atoms with Crippen LogP contribution in [0.3, 0.4) is 0 Å². The van der Waals surface area contributed by atoms with Gasteiger partial charge in [0.2, 0.25) is 11.8 Å². The van der Waals surface area contributed by atoms with E-state index in [0.29, 0.717) is 30.3 Å². The van der Waals surface area contributed by atoms with Crippen molar-refractivity contribution >= 4 is 23.4 Å². The van der Waals surface area contributed by atoms with Gasteiger partial charge in [0.05, 0.1) is 10.9 Å². The van der Waals surface area contributed by atoms with E-state index in [0.717, 1.165) is 12.8 Å². The third-order valence-electron chi connectivity index (χ3n) is 4.80. The largest absolute Gasteiger partial charge is 0.489 e. The summed E-state index contributed by atoms with van der Waals surface area (Å²) >= 11 is 6.14. The second-order valence-electron chi connectivity index (χ2n) is 6.62. The van der Waals surface area contributed by atoms with E-state index in [-0.39, 0.29) is 29.9 Å². The third-order valence-corrected chi connectivity index (χ3v) is 5.11. The first-order chi connectivity index (χ1) is 12.6. The van der Waals surface area contributed by atoms with Crippen LogP contribution < -0.4 is 10.1 Å². The summed E-state index contributed by atoms with van der Waals surface area (Å²) in [5.74, 6) is 0.419. The maximum atomic E-state index is 12.7. The van der Waals surface area contributed by atoms with Crippen LogP contribution in [-0.2, 0) is 9.59 Å². The van der Waals surface area contributed by atoms with Gasteiger partial charge in [-0.05, 0) is 24.6 Å². The lowest BCUT2D eigenvalue weighted by Crippen LogP contribution is -2.44. The average Bonchev–Trinajstić information content (AvgIpc) is 3.12. The summed E-state index contributed by atoms with van der Waals surface area (Å²) in [6.45, 7) is 4.78. The van der Waals surface area contributed by atoms with E-state index < -0.39 is 0 Å². The monoisotopic (exact) mass is 374 g/mol. The van der Waals surface area contributed by atoms with Gasteiger partial charge >= 0.3 is 0 Å². The van der Waals surface area contributed by atoms with E-state index in [1.807, 2.05) is 41.3 Å². The number of rotatable bonds is 5. The lowest BCUT2D eigenvalue weighted by molar-refractivity contribution is -0.136. The molecule has 0 aromatic heterocycles. The van der Waals surface area contributed by atoms with Gasteiger partial charge in [0.1, 0.15) is 11.9 Å². The van der Waals surface area contributed by atoms with Crippen LogP contribution in [0.4, 0.5) is 0 Å². The maximum absolute atomic E-state index is 12.7. The van der Waals surface area contributed by atoms with Crippen LogP contribution in [0.1, 0.15) is 19.3 Å². The van der Waals surface area contributed by atoms with Crippen molar-refractivity contribution in [2.24, 2.45) is 5.92 Å². The van der Waals surface area contributed by atoms with E-state index in [1.165, 1.54) is 6.08 Å². The molecule has 26 heavy (non-hydrogen) atoms. The topological polar surface area (TPSA) is 58.6 Å². The molecule has 5 nitrogen and oxygen atoms in total. The van der Waals surface area contributed by atoms with Crippen LogP contribution in [0.2, 0.25) is 5.02 Å². The van der Waals surface area contributed by atoms with E-state index in [1.54, 1.807) is 0 Å². The number of halogens is 1. The van der Waals surface area contributed by atoms with Gasteiger partial charge in [0, 0.05) is 32.0 Å². The first kappa shape index (κ1) is 18.5. The highest BCUT2D eigenvalue weighted by Gasteiger charge is 2.31. The van der Waals surface area contributed by atoms with Crippen LogP contribution >= 0.6 is 11.6 Å². The normalized spacial score (nSPS) is 22.9. The number of nitrogens with zero attached hydrogens (tertiary/aromatic N) is 1. The van der Waals surface area contributed by atoms with Crippen molar-refractivity contribution in [3.63, 3.8) is 0 Å². The molecule has 2 amide bonds. The number of ether oxygens (including phenoxy) is 1. The molecule has 0 radical (unpaired) electrons. The van der Waals surface area contributed by atoms with Gasteiger partial charge < -0.3 is 15.0 Å². The summed E-state index contributed by atoms with van der Waals surface area (Å²) in [4.78, 5) is 26.0. The molecule has 1 saturated heterocycles. The van der Waals surface area contributed by atoms with E-state index in [2.05, 4.69) is 11.9 Å². The molecule has 1 aliphatic carbocycles. The molecule has 2 atom stereocenters. The van der Waals surface area contributed by atoms with Gasteiger partial charge in [-0.2, -0.15) is 0 Å². The molecule has 6 heteroatoms. The van der Waals surface area contributed by atoms with Crippen LogP contribution in [0.25, 0.3) is 0 Å². The summed E-state index contributed by atoms with van der Waals surface area (Å²) in [7, 11) is 0. The Bertz CT molecular complexity index is 711. The molecule has 0 spiro atoms. The predicted octanol–water partition coefficient (Wildman–Crippen LogP) is 2.96. The third kappa shape index (κ3) is 4.47. The van der Waals surface area contributed by atoms with Gasteiger partial charge in [-0.3, -0.25) is 9.59 Å². The molecule has 1 aromatic carbocycles. The molecule has 138 valence electrons. The first-order valence-electron chi connectivity index (χ1n) is 8.88. The highest BCUT2D eigenvalue weighted by atomic mass is 35.5. The van der Waals surface area contributed by atoms with Crippen LogP contribution in [0.15, 0.2) is 49.1 Å². The predicted molar refractivity (Wildman–Crippen MR) is 101 cm³/mol. The summed E-state index contributed by atoms with van der Waals surface area (Å²) in [6, 6.07) is 7.34. The molecule has 3 rings (SSSR count). The van der Waals surface area contributed by atoms with Gasteiger partial charge in [0.25, 0.3) is 0 Å². The summed E-state index contributed by atoms with van der Waals surface area (Å²) in [6.07, 6.45) is 7.26. The summed E-state index contributed by atoms with van der Waals surface area (Å²) < 4.78 is 5.97. The lowest BCUT2D eigenvalue weighted by Gasteiger charge is -2.33. The number of likely N-dealkylation sites (tertiary alicyclic amines) is 1. The number of piperidine rings is 1. The molecule has 1 N–H and O–H groups in total. The molecule has 0 unspecified atom stereocenters. The molecule has 2 aliphatic rings. The van der Waals surface area contributed by atoms with Crippen molar-refractivity contribution < 1.29 is 14.3 Å². The molecule has 1 aliphatic heterocycles. The Morgan fingerprint density at radius 2 is 1.96 bits per heavy atom. The van der Waals surface area contributed by atoms with Crippen molar-refractivity contribution in [2.75, 3.05) is 13.1 Å². The van der Waals surface area contributed by atoms with Gasteiger partial charge in [0.15, 0.2) is 0 Å². The van der Waals surface area contributed by atoms with Crippen molar-refractivity contribution in [3.8, 4) is 5.75 Å². The van der Waals surface area contributed by atoms with Crippen molar-refractivity contribution in [1.29, 1.82) is 0 Å². The Kier molecular flexibility index (Phi) is 5.99. The Morgan fingerprint density at radius 1 is 1.23 bits per heavy atom. The second kappa shape index (κ2) is 8.41. The zero-order valence-electron chi connectivity index (χ0n) is 14.6. The fourth-order valence-corrected chi connectivity index (χ4v) is 3.56. The minimum Gasteiger partial charge on any atom is -0.489 e. The van der Waals surface area contributed by atoms with Crippen molar-refractivity contribution in [3.05, 3.63) is 54.1 Å². The quantitative estimate of drug-likeness (QED) is 0.636. The van der Waals surface area contributed by atoms with Gasteiger partial charge in [-0.15, -0.1) is 0 Å². The minimum atomic E-state index is -0.217. The van der Waals surface area contributed by atoms with E-state index in [4.69, 9.17) is 16.3 Å². The number of amides is 2. The van der Waals surface area contributed by atoms with Crippen molar-refractivity contribution in [2.45, 2.75) is 31.4 Å². The van der Waals surface area contributed by atoms with Crippen LogP contribution in [0.5, 0.6) is 5.75 Å². The van der Waals surface area contributed by atoms with Crippen LogP contribution in [-0.4, -0.2) is 41.9 Å². The average molecular weight is 375 g/mol. The highest BCUT2D eigenvalue weighted by molar-refractivity contribution is 6.32. The maximum Gasteiger partial charge on any atom is 0.243 e. The molecule has 0 bridgehead atoms. The molecule has 1 aromatic rings. The fraction of sp³-hybridized carbons (Fsp3) is 0.400. The second-order valence-corrected chi connectivity index (χ2v) is 7.03.